The Morgan fingerprint density at radius 2 is 1.24 bits per heavy atom. The molecule has 1 fully saturated rings. The number of nitrogens with zero attached hydrogens (tertiary/aromatic N) is 3. The van der Waals surface area contributed by atoms with E-state index in [1.54, 1.807) is 0 Å². The molecule has 3 nitrogen and oxygen atoms in total. The van der Waals surface area contributed by atoms with E-state index >= 15 is 0 Å². The first kappa shape index (κ1) is 30.1. The van der Waals surface area contributed by atoms with Crippen LogP contribution in [0.15, 0.2) is 48.7 Å². The van der Waals surface area contributed by atoms with Crippen LogP contribution in [0.4, 0.5) is 25.2 Å². The minimum Gasteiger partial charge on any atom is 1.00 e. The van der Waals surface area contributed by atoms with Gasteiger partial charge in [0.2, 0.25) is 0 Å². The number of pyridine rings is 1. The van der Waals surface area contributed by atoms with Crippen molar-refractivity contribution >= 4 is 19.4 Å². The monoisotopic (exact) mass is 565 g/mol. The predicted molar refractivity (Wildman–Crippen MR) is 119 cm³/mol. The van der Waals surface area contributed by atoms with Gasteiger partial charge in [-0.15, -0.1) is 0 Å². The van der Waals surface area contributed by atoms with Gasteiger partial charge >= 0.3 is 50.1 Å². The number of aromatic nitrogens is 1. The molecule has 0 spiro atoms. The quantitative estimate of drug-likeness (QED) is 0.208. The van der Waals surface area contributed by atoms with Gasteiger partial charge in [-0.25, -0.2) is 0 Å². The topological polar surface area (TPSA) is 19.4 Å². The van der Waals surface area contributed by atoms with Crippen molar-refractivity contribution in [2.45, 2.75) is 25.7 Å². The molecule has 2 heterocycles. The summed E-state index contributed by atoms with van der Waals surface area (Å²) in [6.07, 6.45) is 6.56. The summed E-state index contributed by atoms with van der Waals surface area (Å²) in [7, 11) is -10.7. The molecule has 0 saturated carbocycles. The van der Waals surface area contributed by atoms with Crippen molar-refractivity contribution in [2.75, 3.05) is 39.3 Å². The summed E-state index contributed by atoms with van der Waals surface area (Å²) in [4.78, 5) is 9.65. The minimum absolute atomic E-state index is 0. The Bertz CT molecular complexity index is 804. The number of hydrogen-bond acceptors (Lipinski definition) is 3. The summed E-state index contributed by atoms with van der Waals surface area (Å²) in [5.74, 6) is 0. The van der Waals surface area contributed by atoms with Gasteiger partial charge in [-0.1, -0.05) is 29.8 Å². The third kappa shape index (κ3) is 17.2. The van der Waals surface area contributed by atoms with Crippen molar-refractivity contribution in [3.8, 4) is 0 Å². The molecule has 12 heteroatoms. The van der Waals surface area contributed by atoms with Gasteiger partial charge in [0, 0.05) is 36.4 Å². The van der Waals surface area contributed by atoms with Gasteiger partial charge in [0.25, 0.3) is 0 Å². The standard InChI is InChI=1S/C21H28ClN3.Cu.F6P/c22-20-8-6-19(7-9-20)10-17-24-13-3-15-25(16-4-14-24)18-11-21-5-1-2-12-23-21;;1-7(2,3,4,5)6/h1-2,5-9,12H,3-4,10-11,13-18H2;;/q;+1;-1. The molecule has 3 rings (SSSR count). The van der Waals surface area contributed by atoms with Gasteiger partial charge in [0.05, 0.1) is 0 Å². The second-order valence-electron chi connectivity index (χ2n) is 7.80. The molecule has 1 aliphatic heterocycles. The van der Waals surface area contributed by atoms with Crippen LogP contribution in [0.5, 0.6) is 0 Å². The molecule has 0 atom stereocenters. The van der Waals surface area contributed by atoms with E-state index in [1.165, 1.54) is 50.3 Å². The fourth-order valence-corrected chi connectivity index (χ4v) is 3.59. The molecule has 0 radical (unpaired) electrons. The molecule has 2 aromatic rings. The molecule has 0 amide bonds. The number of rotatable bonds is 6. The van der Waals surface area contributed by atoms with Crippen molar-refractivity contribution in [1.82, 2.24) is 14.8 Å². The Morgan fingerprint density at radius 3 is 1.70 bits per heavy atom. The van der Waals surface area contributed by atoms with Crippen molar-refractivity contribution in [2.24, 2.45) is 0 Å². The molecule has 0 unspecified atom stereocenters. The molecule has 0 N–H and O–H groups in total. The van der Waals surface area contributed by atoms with Crippen molar-refractivity contribution in [1.29, 1.82) is 0 Å². The molecule has 0 bridgehead atoms. The van der Waals surface area contributed by atoms with Crippen LogP contribution in [0, 0.1) is 0 Å². The summed E-state index contributed by atoms with van der Waals surface area (Å²) in [5.41, 5.74) is 2.58. The first-order valence-corrected chi connectivity index (χ1v) is 12.8. The second kappa shape index (κ2) is 12.2. The zero-order valence-electron chi connectivity index (χ0n) is 17.9. The zero-order valence-corrected chi connectivity index (χ0v) is 20.5. The van der Waals surface area contributed by atoms with Gasteiger partial charge in [0.1, 0.15) is 0 Å². The molecule has 0 aliphatic carbocycles. The van der Waals surface area contributed by atoms with E-state index in [0.717, 1.165) is 31.0 Å². The summed E-state index contributed by atoms with van der Waals surface area (Å²) in [5, 5.41) is 0.820. The van der Waals surface area contributed by atoms with Crippen LogP contribution in [0.1, 0.15) is 24.1 Å². The number of hydrogen-bond donors (Lipinski definition) is 0. The van der Waals surface area contributed by atoms with E-state index in [0.29, 0.717) is 0 Å². The fraction of sp³-hybridized carbons (Fsp3) is 0.476. The molecular formula is C21H28ClCuF6N3P. The average molecular weight is 566 g/mol. The first-order valence-electron chi connectivity index (χ1n) is 10.4. The molecule has 1 saturated heterocycles. The molecule has 1 aromatic heterocycles. The van der Waals surface area contributed by atoms with E-state index in [2.05, 4.69) is 39.0 Å². The SMILES string of the molecule is Clc1ccc(CCN2CCCN(CCc3ccccn3)CCC2)cc1.F[P-](F)(F)(F)(F)F.[Cu+]. The average Bonchev–Trinajstić information content (AvgIpc) is 2.66. The van der Waals surface area contributed by atoms with Gasteiger partial charge in [-0.05, 0) is 75.3 Å². The molecule has 33 heavy (non-hydrogen) atoms. The number of halogens is 7. The van der Waals surface area contributed by atoms with Crippen molar-refractivity contribution in [3.63, 3.8) is 0 Å². The van der Waals surface area contributed by atoms with Crippen LogP contribution >= 0.6 is 19.4 Å². The van der Waals surface area contributed by atoms with E-state index in [-0.39, 0.29) is 17.1 Å². The van der Waals surface area contributed by atoms with Crippen LogP contribution in [-0.4, -0.2) is 54.1 Å². The van der Waals surface area contributed by atoms with E-state index in [4.69, 9.17) is 11.6 Å². The van der Waals surface area contributed by atoms with Crippen LogP contribution in [0.3, 0.4) is 0 Å². The maximum atomic E-state index is 9.87. The van der Waals surface area contributed by atoms with Gasteiger partial charge in [-0.2, -0.15) is 0 Å². The van der Waals surface area contributed by atoms with E-state index in [1.807, 2.05) is 24.4 Å². The third-order valence-corrected chi connectivity index (χ3v) is 5.19. The van der Waals surface area contributed by atoms with E-state index < -0.39 is 7.81 Å². The second-order valence-corrected chi connectivity index (χ2v) is 10.1. The van der Waals surface area contributed by atoms with Crippen LogP contribution in [0.25, 0.3) is 0 Å². The Kier molecular flexibility index (Phi) is 11.1. The Balaban J connectivity index is 0.000000595. The first-order chi connectivity index (χ1) is 14.7. The maximum Gasteiger partial charge on any atom is 1.00 e. The molecular weight excluding hydrogens is 538 g/mol. The maximum absolute atomic E-state index is 10.7. The molecule has 1 aromatic carbocycles. The summed E-state index contributed by atoms with van der Waals surface area (Å²) in [6.45, 7) is 7.08. The van der Waals surface area contributed by atoms with Crippen LogP contribution in [-0.2, 0) is 29.9 Å². The third-order valence-electron chi connectivity index (χ3n) is 4.94. The normalized spacial score (nSPS) is 17.9. The largest absolute Gasteiger partial charge is 1.00 e. The van der Waals surface area contributed by atoms with Gasteiger partial charge < -0.3 is 9.80 Å². The zero-order chi connectivity index (χ0) is 23.7. The summed E-state index contributed by atoms with van der Waals surface area (Å²) in [6, 6.07) is 14.5. The Morgan fingerprint density at radius 1 is 0.758 bits per heavy atom. The summed E-state index contributed by atoms with van der Waals surface area (Å²) >= 11 is 5.96. The summed E-state index contributed by atoms with van der Waals surface area (Å²) < 4.78 is 59.2. The number of benzene rings is 1. The van der Waals surface area contributed by atoms with Crippen LogP contribution in [0.2, 0.25) is 5.02 Å². The van der Waals surface area contributed by atoms with E-state index in [9.17, 15) is 25.2 Å². The van der Waals surface area contributed by atoms with Gasteiger partial charge in [-0.3, -0.25) is 4.98 Å². The predicted octanol–water partition coefficient (Wildman–Crippen LogP) is 7.30. The molecule has 192 valence electrons. The van der Waals surface area contributed by atoms with Crippen molar-refractivity contribution in [3.05, 3.63) is 64.9 Å². The smallest absolute Gasteiger partial charge is 1.00 e. The Hall–Kier alpha value is -0.891. The van der Waals surface area contributed by atoms with Gasteiger partial charge in [0.15, 0.2) is 0 Å². The molecule has 1 aliphatic rings. The van der Waals surface area contributed by atoms with Crippen LogP contribution < -0.4 is 0 Å². The minimum atomic E-state index is -10.7. The Labute approximate surface area is 206 Å². The fourth-order valence-electron chi connectivity index (χ4n) is 3.46. The van der Waals surface area contributed by atoms with Crippen molar-refractivity contribution < 1.29 is 42.3 Å².